The molecule has 144 valence electrons. The Morgan fingerprint density at radius 1 is 1.07 bits per heavy atom. The molecule has 1 saturated heterocycles. The van der Waals surface area contributed by atoms with Crippen LogP contribution in [0.3, 0.4) is 0 Å². The standard InChI is InChI=1S/C21H26N2O3S/c1-3-17-8-10-19(11-9-17)27(25,26)23-14-12-18(13-15-23)22-21(24)20-7-5-4-6-16(20)2/h4-11,18H,3,12-15H2,1-2H3,(H,22,24). The van der Waals surface area contributed by atoms with Crippen LogP contribution in [0.2, 0.25) is 0 Å². The molecule has 1 aliphatic rings. The zero-order valence-corrected chi connectivity index (χ0v) is 16.6. The van der Waals surface area contributed by atoms with Crippen molar-refractivity contribution in [2.75, 3.05) is 13.1 Å². The Bertz CT molecular complexity index is 899. The number of nitrogens with one attached hydrogen (secondary N) is 1. The largest absolute Gasteiger partial charge is 0.349 e. The zero-order valence-electron chi connectivity index (χ0n) is 15.8. The van der Waals surface area contributed by atoms with Crippen LogP contribution in [-0.4, -0.2) is 37.8 Å². The number of amides is 1. The van der Waals surface area contributed by atoms with Crippen molar-refractivity contribution >= 4 is 15.9 Å². The summed E-state index contributed by atoms with van der Waals surface area (Å²) in [7, 11) is -3.48. The van der Waals surface area contributed by atoms with Gasteiger partial charge in [-0.05, 0) is 55.5 Å². The van der Waals surface area contributed by atoms with Crippen molar-refractivity contribution in [3.63, 3.8) is 0 Å². The normalized spacial score (nSPS) is 16.2. The van der Waals surface area contributed by atoms with Gasteiger partial charge in [0.1, 0.15) is 0 Å². The van der Waals surface area contributed by atoms with Gasteiger partial charge in [0.25, 0.3) is 5.91 Å². The first-order valence-corrected chi connectivity index (χ1v) is 10.8. The minimum absolute atomic E-state index is 0.00831. The van der Waals surface area contributed by atoms with Crippen LogP contribution < -0.4 is 5.32 Å². The molecule has 5 nitrogen and oxygen atoms in total. The molecule has 0 bridgehead atoms. The lowest BCUT2D eigenvalue weighted by atomic mass is 10.0. The maximum atomic E-state index is 12.8. The van der Waals surface area contributed by atoms with Crippen molar-refractivity contribution in [1.29, 1.82) is 0 Å². The highest BCUT2D eigenvalue weighted by atomic mass is 32.2. The van der Waals surface area contributed by atoms with Crippen molar-refractivity contribution in [2.45, 2.75) is 44.0 Å². The van der Waals surface area contributed by atoms with Crippen molar-refractivity contribution < 1.29 is 13.2 Å². The van der Waals surface area contributed by atoms with Crippen LogP contribution in [0.25, 0.3) is 0 Å². The number of rotatable bonds is 5. The Morgan fingerprint density at radius 2 is 1.70 bits per heavy atom. The number of aryl methyl sites for hydroxylation is 2. The molecule has 1 aliphatic heterocycles. The molecule has 3 rings (SSSR count). The highest BCUT2D eigenvalue weighted by Gasteiger charge is 2.30. The summed E-state index contributed by atoms with van der Waals surface area (Å²) in [6.45, 7) is 4.78. The van der Waals surface area contributed by atoms with Crippen LogP contribution in [0, 0.1) is 6.92 Å². The molecular weight excluding hydrogens is 360 g/mol. The summed E-state index contributed by atoms with van der Waals surface area (Å²) in [5.41, 5.74) is 2.72. The van der Waals surface area contributed by atoms with Crippen molar-refractivity contribution in [3.8, 4) is 0 Å². The molecule has 1 amide bonds. The third kappa shape index (κ3) is 4.39. The number of carbonyl (C=O) groups is 1. The monoisotopic (exact) mass is 386 g/mol. The topological polar surface area (TPSA) is 66.5 Å². The average molecular weight is 387 g/mol. The van der Waals surface area contributed by atoms with Gasteiger partial charge in [-0.3, -0.25) is 4.79 Å². The van der Waals surface area contributed by atoms with Crippen LogP contribution in [0.4, 0.5) is 0 Å². The smallest absolute Gasteiger partial charge is 0.251 e. The Hall–Kier alpha value is -2.18. The van der Waals surface area contributed by atoms with E-state index in [0.717, 1.165) is 17.5 Å². The summed E-state index contributed by atoms with van der Waals surface area (Å²) in [5.74, 6) is -0.0930. The Balaban J connectivity index is 1.61. The first kappa shape index (κ1) is 19.6. The van der Waals surface area contributed by atoms with Gasteiger partial charge < -0.3 is 5.32 Å². The van der Waals surface area contributed by atoms with E-state index < -0.39 is 10.0 Å². The fraction of sp³-hybridized carbons (Fsp3) is 0.381. The number of piperidine rings is 1. The molecule has 0 spiro atoms. The lowest BCUT2D eigenvalue weighted by Gasteiger charge is -2.31. The van der Waals surface area contributed by atoms with E-state index in [2.05, 4.69) is 5.32 Å². The second kappa shape index (κ2) is 8.23. The summed E-state index contributed by atoms with van der Waals surface area (Å²) in [6, 6.07) is 14.6. The maximum Gasteiger partial charge on any atom is 0.251 e. The van der Waals surface area contributed by atoms with E-state index in [-0.39, 0.29) is 11.9 Å². The van der Waals surface area contributed by atoms with E-state index in [1.165, 1.54) is 4.31 Å². The predicted molar refractivity (Wildman–Crippen MR) is 106 cm³/mol. The van der Waals surface area contributed by atoms with Crippen molar-refractivity contribution in [3.05, 3.63) is 65.2 Å². The highest BCUT2D eigenvalue weighted by Crippen LogP contribution is 2.21. The summed E-state index contributed by atoms with van der Waals surface area (Å²) in [5, 5.41) is 3.04. The van der Waals surface area contributed by atoms with Gasteiger partial charge in [0.2, 0.25) is 10.0 Å². The molecule has 0 radical (unpaired) electrons. The Kier molecular flexibility index (Phi) is 5.97. The van der Waals surface area contributed by atoms with Crippen molar-refractivity contribution in [2.24, 2.45) is 0 Å². The number of hydrogen-bond donors (Lipinski definition) is 1. The minimum atomic E-state index is -3.48. The SMILES string of the molecule is CCc1ccc(S(=O)(=O)N2CCC(NC(=O)c3ccccc3C)CC2)cc1. The van der Waals surface area contributed by atoms with Gasteiger partial charge in [0, 0.05) is 24.7 Å². The van der Waals surface area contributed by atoms with E-state index in [1.54, 1.807) is 12.1 Å². The third-order valence-electron chi connectivity index (χ3n) is 5.15. The molecule has 6 heteroatoms. The predicted octanol–water partition coefficient (Wildman–Crippen LogP) is 3.14. The van der Waals surface area contributed by atoms with Gasteiger partial charge in [-0.1, -0.05) is 37.3 Å². The van der Waals surface area contributed by atoms with Crippen LogP contribution in [0.15, 0.2) is 53.4 Å². The van der Waals surface area contributed by atoms with Crippen molar-refractivity contribution in [1.82, 2.24) is 9.62 Å². The summed E-state index contributed by atoms with van der Waals surface area (Å²) < 4.78 is 27.2. The lowest BCUT2D eigenvalue weighted by molar-refractivity contribution is 0.0923. The second-order valence-corrected chi connectivity index (χ2v) is 8.90. The Morgan fingerprint density at radius 3 is 2.30 bits per heavy atom. The number of nitrogens with zero attached hydrogens (tertiary/aromatic N) is 1. The molecule has 0 unspecified atom stereocenters. The summed E-state index contributed by atoms with van der Waals surface area (Å²) in [6.07, 6.45) is 2.11. The first-order valence-electron chi connectivity index (χ1n) is 9.37. The van der Waals surface area contributed by atoms with Crippen LogP contribution in [0.5, 0.6) is 0 Å². The lowest BCUT2D eigenvalue weighted by Crippen LogP contribution is -2.46. The molecule has 0 saturated carbocycles. The van der Waals surface area contributed by atoms with Crippen LogP contribution in [0.1, 0.15) is 41.3 Å². The molecule has 27 heavy (non-hydrogen) atoms. The number of benzene rings is 2. The quantitative estimate of drug-likeness (QED) is 0.858. The van der Waals surface area contributed by atoms with E-state index in [9.17, 15) is 13.2 Å². The fourth-order valence-corrected chi connectivity index (χ4v) is 4.85. The molecule has 2 aromatic rings. The van der Waals surface area contributed by atoms with Gasteiger partial charge >= 0.3 is 0 Å². The number of sulfonamides is 1. The van der Waals surface area contributed by atoms with E-state index in [1.807, 2.05) is 50.2 Å². The molecule has 1 heterocycles. The fourth-order valence-electron chi connectivity index (χ4n) is 3.38. The second-order valence-electron chi connectivity index (χ2n) is 6.96. The van der Waals surface area contributed by atoms with Gasteiger partial charge in [0.05, 0.1) is 4.90 Å². The van der Waals surface area contributed by atoms with Crippen LogP contribution in [-0.2, 0) is 16.4 Å². The maximum absolute atomic E-state index is 12.8. The van der Waals surface area contributed by atoms with E-state index >= 15 is 0 Å². The van der Waals surface area contributed by atoms with E-state index in [4.69, 9.17) is 0 Å². The summed E-state index contributed by atoms with van der Waals surface area (Å²) >= 11 is 0. The number of hydrogen-bond acceptors (Lipinski definition) is 3. The van der Waals surface area contributed by atoms with E-state index in [0.29, 0.717) is 36.4 Å². The third-order valence-corrected chi connectivity index (χ3v) is 7.06. The minimum Gasteiger partial charge on any atom is -0.349 e. The van der Waals surface area contributed by atoms with Crippen LogP contribution >= 0.6 is 0 Å². The number of carbonyl (C=O) groups excluding carboxylic acids is 1. The molecule has 2 aromatic carbocycles. The van der Waals surface area contributed by atoms with Gasteiger partial charge in [-0.15, -0.1) is 0 Å². The Labute approximate surface area is 161 Å². The molecule has 0 atom stereocenters. The molecule has 1 N–H and O–H groups in total. The molecule has 1 fully saturated rings. The summed E-state index contributed by atoms with van der Waals surface area (Å²) in [4.78, 5) is 12.8. The molecule has 0 aliphatic carbocycles. The molecular formula is C21H26N2O3S. The van der Waals surface area contributed by atoms with Gasteiger partial charge in [-0.25, -0.2) is 8.42 Å². The average Bonchev–Trinajstić information content (AvgIpc) is 2.68. The van der Waals surface area contributed by atoms with Gasteiger partial charge in [-0.2, -0.15) is 4.31 Å². The van der Waals surface area contributed by atoms with Gasteiger partial charge in [0.15, 0.2) is 0 Å². The first-order chi connectivity index (χ1) is 12.9. The zero-order chi connectivity index (χ0) is 19.4. The highest BCUT2D eigenvalue weighted by molar-refractivity contribution is 7.89. The molecule has 0 aromatic heterocycles.